The zero-order chi connectivity index (χ0) is 15.0. The molecule has 0 saturated carbocycles. The highest BCUT2D eigenvalue weighted by Crippen LogP contribution is 2.26. The van der Waals surface area contributed by atoms with E-state index in [1.165, 1.54) is 21.8 Å². The van der Waals surface area contributed by atoms with Gasteiger partial charge in [-0.1, -0.05) is 0 Å². The number of H-pyrrole nitrogens is 1. The molecule has 0 atom stereocenters. The van der Waals surface area contributed by atoms with Crippen molar-refractivity contribution in [1.29, 1.82) is 0 Å². The molecule has 21 heavy (non-hydrogen) atoms. The van der Waals surface area contributed by atoms with Crippen molar-refractivity contribution in [2.75, 3.05) is 10.1 Å². The molecule has 0 aliphatic heterocycles. The minimum absolute atomic E-state index is 0.0128. The zero-order valence-electron chi connectivity index (χ0n) is 10.3. The largest absolute Gasteiger partial charge is 0.306 e. The maximum atomic E-state index is 12.4. The Labute approximate surface area is 121 Å². The lowest BCUT2D eigenvalue weighted by atomic mass is 10.5. The Balaban J connectivity index is 2.09. The van der Waals surface area contributed by atoms with Gasteiger partial charge in [-0.25, -0.2) is 10.9 Å². The molecule has 110 valence electrons. The minimum atomic E-state index is -3.99. The van der Waals surface area contributed by atoms with E-state index in [0.29, 0.717) is 4.96 Å². The van der Waals surface area contributed by atoms with Crippen LogP contribution < -0.4 is 21.5 Å². The molecule has 3 aromatic heterocycles. The number of hydrazine groups is 1. The summed E-state index contributed by atoms with van der Waals surface area (Å²) in [4.78, 5) is 15.5. The first-order valence-electron chi connectivity index (χ1n) is 5.52. The molecule has 3 heterocycles. The van der Waals surface area contributed by atoms with Crippen LogP contribution in [0.2, 0.25) is 0 Å². The van der Waals surface area contributed by atoms with Crippen LogP contribution in [-0.2, 0) is 10.0 Å². The minimum Gasteiger partial charge on any atom is -0.306 e. The highest BCUT2D eigenvalue weighted by molar-refractivity contribution is 7.92. The number of anilines is 2. The van der Waals surface area contributed by atoms with E-state index in [4.69, 9.17) is 5.84 Å². The molecule has 3 rings (SSSR count). The Morgan fingerprint density at radius 3 is 2.86 bits per heavy atom. The molecule has 0 unspecified atom stereocenters. The summed E-state index contributed by atoms with van der Waals surface area (Å²) in [7, 11) is -3.99. The number of nitrogens with zero attached hydrogens (tertiary/aromatic N) is 3. The Morgan fingerprint density at radius 1 is 1.38 bits per heavy atom. The van der Waals surface area contributed by atoms with Gasteiger partial charge in [0.1, 0.15) is 0 Å². The van der Waals surface area contributed by atoms with Crippen LogP contribution in [0.25, 0.3) is 4.96 Å². The van der Waals surface area contributed by atoms with Crippen LogP contribution >= 0.6 is 11.3 Å². The van der Waals surface area contributed by atoms with Crippen LogP contribution in [0.15, 0.2) is 33.5 Å². The first kappa shape index (κ1) is 13.5. The first-order chi connectivity index (χ1) is 10.0. The molecule has 0 amide bonds. The van der Waals surface area contributed by atoms with E-state index >= 15 is 0 Å². The van der Waals surface area contributed by atoms with Gasteiger partial charge in [0.2, 0.25) is 5.03 Å². The smallest absolute Gasteiger partial charge is 0.283 e. The lowest BCUT2D eigenvalue weighted by Gasteiger charge is -2.07. The number of nitrogens with one attached hydrogen (secondary N) is 3. The monoisotopic (exact) mass is 327 g/mol. The first-order valence-corrected chi connectivity index (χ1v) is 7.88. The van der Waals surface area contributed by atoms with Crippen molar-refractivity contribution in [2.45, 2.75) is 5.03 Å². The molecule has 0 saturated heterocycles. The third-order valence-corrected chi connectivity index (χ3v) is 4.66. The lowest BCUT2D eigenvalue weighted by Crippen LogP contribution is -2.20. The second-order valence-corrected chi connectivity index (χ2v) is 6.35. The van der Waals surface area contributed by atoms with Crippen LogP contribution in [0.4, 0.5) is 11.6 Å². The number of imidazole rings is 1. The average Bonchev–Trinajstić information content (AvgIpc) is 3.00. The predicted octanol–water partition coefficient (Wildman–Crippen LogP) is -0.435. The number of thiazole rings is 1. The summed E-state index contributed by atoms with van der Waals surface area (Å²) in [5, 5.41) is 7.28. The predicted molar refractivity (Wildman–Crippen MR) is 76.5 cm³/mol. The number of aromatic amines is 1. The van der Waals surface area contributed by atoms with Crippen molar-refractivity contribution in [2.24, 2.45) is 5.84 Å². The van der Waals surface area contributed by atoms with Crippen LogP contribution in [0.5, 0.6) is 0 Å². The summed E-state index contributed by atoms with van der Waals surface area (Å²) in [5.41, 5.74) is 1.81. The molecular weight excluding hydrogens is 318 g/mol. The second-order valence-electron chi connectivity index (χ2n) is 3.88. The third kappa shape index (κ3) is 2.35. The lowest BCUT2D eigenvalue weighted by molar-refractivity contribution is 0.596. The van der Waals surface area contributed by atoms with Gasteiger partial charge in [0, 0.05) is 17.6 Å². The maximum absolute atomic E-state index is 12.4. The molecule has 0 radical (unpaired) electrons. The fourth-order valence-corrected chi connectivity index (χ4v) is 3.73. The quantitative estimate of drug-likeness (QED) is 0.375. The summed E-state index contributed by atoms with van der Waals surface area (Å²) in [5.74, 6) is 5.29. The van der Waals surface area contributed by atoms with Gasteiger partial charge in [-0.3, -0.25) is 13.9 Å². The molecule has 0 fully saturated rings. The summed E-state index contributed by atoms with van der Waals surface area (Å²) in [6.45, 7) is 0. The summed E-state index contributed by atoms with van der Waals surface area (Å²) < 4.78 is 28.5. The van der Waals surface area contributed by atoms with E-state index in [9.17, 15) is 13.2 Å². The molecule has 0 aliphatic carbocycles. The molecule has 10 nitrogen and oxygen atoms in total. The Hall–Kier alpha value is -2.44. The van der Waals surface area contributed by atoms with Gasteiger partial charge in [-0.05, 0) is 6.07 Å². The van der Waals surface area contributed by atoms with E-state index in [1.807, 2.05) is 0 Å². The summed E-state index contributed by atoms with van der Waals surface area (Å²) >= 11 is 1.26. The van der Waals surface area contributed by atoms with Crippen LogP contribution in [0.3, 0.4) is 0 Å². The highest BCUT2D eigenvalue weighted by atomic mass is 32.2. The van der Waals surface area contributed by atoms with Gasteiger partial charge in [-0.2, -0.15) is 18.5 Å². The average molecular weight is 327 g/mol. The summed E-state index contributed by atoms with van der Waals surface area (Å²) in [6.07, 6.45) is 1.56. The van der Waals surface area contributed by atoms with E-state index < -0.39 is 15.6 Å². The van der Waals surface area contributed by atoms with Crippen LogP contribution in [-0.4, -0.2) is 28.0 Å². The van der Waals surface area contributed by atoms with E-state index in [2.05, 4.69) is 25.3 Å². The molecule has 12 heteroatoms. The fourth-order valence-electron chi connectivity index (χ4n) is 1.70. The molecule has 5 N–H and O–H groups in total. The van der Waals surface area contributed by atoms with Crippen molar-refractivity contribution < 1.29 is 8.42 Å². The number of hydrogen-bond donors (Lipinski definition) is 4. The number of fused-ring (bicyclic) bond motifs is 1. The van der Waals surface area contributed by atoms with Gasteiger partial charge in [-0.15, -0.1) is 11.3 Å². The van der Waals surface area contributed by atoms with Gasteiger partial charge in [0.25, 0.3) is 15.6 Å². The number of hydrogen-bond acceptors (Lipinski definition) is 8. The molecule has 3 aromatic rings. The third-order valence-electron chi connectivity index (χ3n) is 2.53. The highest BCUT2D eigenvalue weighted by Gasteiger charge is 2.26. The standard InChI is InChI=1S/C9H9N7O3S2/c10-12-7-8(16-3-4-20-9(16)11-7)21(18,19)15-5-1-2-6(17)14-13-5/h1-4,12H,10H2,(H,13,15)(H,14,17). The molecule has 0 spiro atoms. The van der Waals surface area contributed by atoms with Gasteiger partial charge >= 0.3 is 0 Å². The topological polar surface area (TPSA) is 147 Å². The van der Waals surface area contributed by atoms with E-state index in [0.717, 1.165) is 6.07 Å². The van der Waals surface area contributed by atoms with Gasteiger partial charge < -0.3 is 5.43 Å². The van der Waals surface area contributed by atoms with Crippen molar-refractivity contribution in [1.82, 2.24) is 19.6 Å². The number of nitrogens with two attached hydrogens (primary N) is 1. The van der Waals surface area contributed by atoms with Crippen molar-refractivity contribution in [3.63, 3.8) is 0 Å². The maximum Gasteiger partial charge on any atom is 0.283 e. The normalized spacial score (nSPS) is 11.7. The van der Waals surface area contributed by atoms with E-state index in [-0.39, 0.29) is 16.7 Å². The molecule has 0 aromatic carbocycles. The van der Waals surface area contributed by atoms with Crippen molar-refractivity contribution in [3.8, 4) is 0 Å². The number of sulfonamides is 1. The van der Waals surface area contributed by atoms with Gasteiger partial charge in [0.15, 0.2) is 16.6 Å². The SMILES string of the molecule is NNc1nc2sccn2c1S(=O)(=O)Nc1ccc(=O)[nH]n1. The Bertz CT molecular complexity index is 935. The second kappa shape index (κ2) is 4.83. The number of nitrogen functional groups attached to an aromatic ring is 1. The Kier molecular flexibility index (Phi) is 3.12. The summed E-state index contributed by atoms with van der Waals surface area (Å²) in [6, 6.07) is 2.40. The fraction of sp³-hybridized carbons (Fsp3) is 0. The number of rotatable bonds is 4. The van der Waals surface area contributed by atoms with Gasteiger partial charge in [0.05, 0.1) is 0 Å². The molecule has 0 aliphatic rings. The molecular formula is C9H9N7O3S2. The van der Waals surface area contributed by atoms with Crippen LogP contribution in [0, 0.1) is 0 Å². The van der Waals surface area contributed by atoms with Crippen molar-refractivity contribution in [3.05, 3.63) is 34.1 Å². The molecule has 0 bridgehead atoms. The Morgan fingerprint density at radius 2 is 2.19 bits per heavy atom. The van der Waals surface area contributed by atoms with Crippen LogP contribution in [0.1, 0.15) is 0 Å². The zero-order valence-corrected chi connectivity index (χ0v) is 11.9. The number of aromatic nitrogens is 4. The van der Waals surface area contributed by atoms with Crippen molar-refractivity contribution >= 4 is 38.0 Å². The van der Waals surface area contributed by atoms with E-state index in [1.54, 1.807) is 11.6 Å².